The Morgan fingerprint density at radius 1 is 1.33 bits per heavy atom. The van der Waals surface area contributed by atoms with Crippen LogP contribution in [0.3, 0.4) is 0 Å². The molecule has 0 fully saturated rings. The summed E-state index contributed by atoms with van der Waals surface area (Å²) in [5, 5.41) is 10.3. The second-order valence-corrected chi connectivity index (χ2v) is 5.12. The Morgan fingerprint density at radius 2 is 2.10 bits per heavy atom. The highest BCUT2D eigenvalue weighted by Crippen LogP contribution is 2.09. The minimum absolute atomic E-state index is 0.0737. The Bertz CT molecular complexity index is 565. The average molecular weight is 286 g/mol. The number of nitrogens with one attached hydrogen (secondary N) is 2. The average Bonchev–Trinajstić information content (AvgIpc) is 3.00. The number of hydrogen-bond acceptors (Lipinski definition) is 3. The first-order valence-corrected chi connectivity index (χ1v) is 7.22. The number of benzene rings is 1. The summed E-state index contributed by atoms with van der Waals surface area (Å²) in [5.74, 6) is 0.0737. The van der Waals surface area contributed by atoms with Crippen LogP contribution in [0, 0.1) is 0 Å². The van der Waals surface area contributed by atoms with Crippen LogP contribution in [0.15, 0.2) is 42.7 Å². The Labute approximate surface area is 125 Å². The Morgan fingerprint density at radius 3 is 2.81 bits per heavy atom. The normalized spacial score (nSPS) is 12.1. The molecule has 1 aromatic carbocycles. The fourth-order valence-electron chi connectivity index (χ4n) is 1.93. The molecule has 2 N–H and O–H groups in total. The molecule has 0 radical (unpaired) electrons. The zero-order chi connectivity index (χ0) is 15.1. The van der Waals surface area contributed by atoms with Crippen LogP contribution in [-0.4, -0.2) is 35.3 Å². The van der Waals surface area contributed by atoms with Crippen LogP contribution >= 0.6 is 0 Å². The molecule has 1 amide bonds. The lowest BCUT2D eigenvalue weighted by Gasteiger charge is -2.10. The van der Waals surface area contributed by atoms with Gasteiger partial charge in [-0.15, -0.1) is 0 Å². The highest BCUT2D eigenvalue weighted by molar-refractivity contribution is 5.76. The molecule has 0 aliphatic carbocycles. The van der Waals surface area contributed by atoms with Crippen LogP contribution in [0.25, 0.3) is 5.69 Å². The SMILES string of the molecule is CNC(C)CNC(=O)CCc1cnn(-c2ccccc2)c1. The van der Waals surface area contributed by atoms with Crippen molar-refractivity contribution < 1.29 is 4.79 Å². The number of aryl methyl sites for hydroxylation is 1. The smallest absolute Gasteiger partial charge is 0.220 e. The van der Waals surface area contributed by atoms with E-state index in [9.17, 15) is 4.79 Å². The lowest BCUT2D eigenvalue weighted by atomic mass is 10.2. The molecule has 0 bridgehead atoms. The van der Waals surface area contributed by atoms with Gasteiger partial charge in [0.25, 0.3) is 0 Å². The second kappa shape index (κ2) is 7.59. The van der Waals surface area contributed by atoms with Gasteiger partial charge in [0.1, 0.15) is 0 Å². The predicted octanol–water partition coefficient (Wildman–Crippen LogP) is 1.53. The molecule has 0 spiro atoms. The third-order valence-electron chi connectivity index (χ3n) is 3.40. The monoisotopic (exact) mass is 286 g/mol. The lowest BCUT2D eigenvalue weighted by Crippen LogP contribution is -2.37. The molecule has 1 unspecified atom stereocenters. The maximum absolute atomic E-state index is 11.7. The molecule has 1 aromatic heterocycles. The molecular formula is C16H22N4O. The molecule has 21 heavy (non-hydrogen) atoms. The van der Waals surface area contributed by atoms with E-state index < -0.39 is 0 Å². The number of hydrogen-bond donors (Lipinski definition) is 2. The van der Waals surface area contributed by atoms with Crippen LogP contribution in [0.5, 0.6) is 0 Å². The van der Waals surface area contributed by atoms with E-state index in [4.69, 9.17) is 0 Å². The molecule has 0 aliphatic rings. The van der Waals surface area contributed by atoms with Crippen molar-refractivity contribution >= 4 is 5.91 Å². The van der Waals surface area contributed by atoms with Crippen LogP contribution < -0.4 is 10.6 Å². The number of likely N-dealkylation sites (N-methyl/N-ethyl adjacent to an activating group) is 1. The van der Waals surface area contributed by atoms with Crippen molar-refractivity contribution in [2.24, 2.45) is 0 Å². The largest absolute Gasteiger partial charge is 0.355 e. The van der Waals surface area contributed by atoms with E-state index in [1.165, 1.54) is 0 Å². The van der Waals surface area contributed by atoms with Crippen LogP contribution in [0.4, 0.5) is 0 Å². The number of carbonyl (C=O) groups excluding carboxylic acids is 1. The fraction of sp³-hybridized carbons (Fsp3) is 0.375. The van der Waals surface area contributed by atoms with Gasteiger partial charge in [0.05, 0.1) is 11.9 Å². The fourth-order valence-corrected chi connectivity index (χ4v) is 1.93. The molecule has 112 valence electrons. The van der Waals surface area contributed by atoms with Gasteiger partial charge in [-0.2, -0.15) is 5.10 Å². The summed E-state index contributed by atoms with van der Waals surface area (Å²) >= 11 is 0. The van der Waals surface area contributed by atoms with Gasteiger partial charge in [-0.25, -0.2) is 4.68 Å². The molecule has 5 heteroatoms. The van der Waals surface area contributed by atoms with Crippen molar-refractivity contribution in [3.05, 3.63) is 48.3 Å². The van der Waals surface area contributed by atoms with Crippen molar-refractivity contribution in [1.82, 2.24) is 20.4 Å². The van der Waals surface area contributed by atoms with E-state index in [0.29, 0.717) is 19.4 Å². The third-order valence-corrected chi connectivity index (χ3v) is 3.40. The zero-order valence-corrected chi connectivity index (χ0v) is 12.5. The zero-order valence-electron chi connectivity index (χ0n) is 12.5. The molecule has 1 atom stereocenters. The first kappa shape index (κ1) is 15.3. The number of aromatic nitrogens is 2. The van der Waals surface area contributed by atoms with Crippen LogP contribution in [0.2, 0.25) is 0 Å². The summed E-state index contributed by atoms with van der Waals surface area (Å²) in [6.45, 7) is 2.68. The van der Waals surface area contributed by atoms with E-state index in [2.05, 4.69) is 15.7 Å². The number of carbonyl (C=O) groups is 1. The molecular weight excluding hydrogens is 264 g/mol. The van der Waals surface area contributed by atoms with Crippen LogP contribution in [-0.2, 0) is 11.2 Å². The maximum Gasteiger partial charge on any atom is 0.220 e. The molecule has 1 heterocycles. The summed E-state index contributed by atoms with van der Waals surface area (Å²) < 4.78 is 1.83. The van der Waals surface area contributed by atoms with E-state index in [0.717, 1.165) is 11.3 Å². The summed E-state index contributed by atoms with van der Waals surface area (Å²) in [6.07, 6.45) is 4.97. The van der Waals surface area contributed by atoms with Crippen molar-refractivity contribution in [2.75, 3.05) is 13.6 Å². The van der Waals surface area contributed by atoms with Gasteiger partial charge >= 0.3 is 0 Å². The predicted molar refractivity (Wildman–Crippen MR) is 83.4 cm³/mol. The molecule has 2 rings (SSSR count). The minimum Gasteiger partial charge on any atom is -0.355 e. The molecule has 2 aromatic rings. The number of rotatable bonds is 7. The Hall–Kier alpha value is -2.14. The van der Waals surface area contributed by atoms with Crippen molar-refractivity contribution in [3.63, 3.8) is 0 Å². The van der Waals surface area contributed by atoms with Gasteiger partial charge in [0.15, 0.2) is 0 Å². The summed E-state index contributed by atoms with van der Waals surface area (Å²) in [6, 6.07) is 10.2. The molecule has 5 nitrogen and oxygen atoms in total. The van der Waals surface area contributed by atoms with Gasteiger partial charge in [0.2, 0.25) is 5.91 Å². The van der Waals surface area contributed by atoms with E-state index in [-0.39, 0.29) is 11.9 Å². The highest BCUT2D eigenvalue weighted by Gasteiger charge is 2.06. The molecule has 0 saturated heterocycles. The Kier molecular flexibility index (Phi) is 5.51. The lowest BCUT2D eigenvalue weighted by molar-refractivity contribution is -0.121. The van der Waals surface area contributed by atoms with E-state index in [1.807, 2.05) is 61.4 Å². The number of para-hydroxylation sites is 1. The van der Waals surface area contributed by atoms with Crippen molar-refractivity contribution in [1.29, 1.82) is 0 Å². The summed E-state index contributed by atoms with van der Waals surface area (Å²) in [7, 11) is 1.88. The standard InChI is InChI=1S/C16H22N4O/c1-13(17-2)10-18-16(21)9-8-14-11-19-20(12-14)15-6-4-3-5-7-15/h3-7,11-13,17H,8-10H2,1-2H3,(H,18,21). The summed E-state index contributed by atoms with van der Waals surface area (Å²) in [4.78, 5) is 11.7. The first-order valence-electron chi connectivity index (χ1n) is 7.22. The summed E-state index contributed by atoms with van der Waals surface area (Å²) in [5.41, 5.74) is 2.09. The quantitative estimate of drug-likeness (QED) is 0.811. The minimum atomic E-state index is 0.0737. The molecule has 0 aliphatic heterocycles. The molecule has 0 saturated carbocycles. The van der Waals surface area contributed by atoms with Gasteiger partial charge in [0, 0.05) is 25.2 Å². The van der Waals surface area contributed by atoms with Crippen molar-refractivity contribution in [2.45, 2.75) is 25.8 Å². The highest BCUT2D eigenvalue weighted by atomic mass is 16.1. The third kappa shape index (κ3) is 4.72. The number of amides is 1. The second-order valence-electron chi connectivity index (χ2n) is 5.12. The first-order chi connectivity index (χ1) is 10.2. The van der Waals surface area contributed by atoms with Gasteiger partial charge in [-0.1, -0.05) is 18.2 Å². The van der Waals surface area contributed by atoms with Gasteiger partial charge < -0.3 is 10.6 Å². The number of nitrogens with zero attached hydrogens (tertiary/aromatic N) is 2. The topological polar surface area (TPSA) is 58.9 Å². The van der Waals surface area contributed by atoms with E-state index >= 15 is 0 Å². The Balaban J connectivity index is 1.82. The van der Waals surface area contributed by atoms with Crippen molar-refractivity contribution in [3.8, 4) is 5.69 Å². The van der Waals surface area contributed by atoms with E-state index in [1.54, 1.807) is 0 Å². The van der Waals surface area contributed by atoms with Gasteiger partial charge in [-0.3, -0.25) is 4.79 Å². The van der Waals surface area contributed by atoms with Crippen LogP contribution in [0.1, 0.15) is 18.9 Å². The maximum atomic E-state index is 11.7. The van der Waals surface area contributed by atoms with Gasteiger partial charge in [-0.05, 0) is 38.1 Å².